The first-order chi connectivity index (χ1) is 13.6. The first-order valence-corrected chi connectivity index (χ1v) is 10.6. The molecular weight excluding hydrogens is 407 g/mol. The molecule has 2 aromatic rings. The van der Waals surface area contributed by atoms with Crippen LogP contribution in [-0.2, 0) is 26.5 Å². The minimum Gasteiger partial charge on any atom is -0.383 e. The topological polar surface area (TPSA) is 75.6 Å². The summed E-state index contributed by atoms with van der Waals surface area (Å²) in [7, 11) is -4.11. The maximum absolute atomic E-state index is 12.7. The zero-order valence-electron chi connectivity index (χ0n) is 15.5. The van der Waals surface area contributed by atoms with Crippen molar-refractivity contribution in [2.45, 2.75) is 29.5 Å². The van der Waals surface area contributed by atoms with E-state index in [-0.39, 0.29) is 17.4 Å². The van der Waals surface area contributed by atoms with Gasteiger partial charge in [-0.3, -0.25) is 0 Å². The molecule has 158 valence electrons. The molecule has 0 spiro atoms. The Hall–Kier alpha value is -1.94. The van der Waals surface area contributed by atoms with E-state index < -0.39 is 27.4 Å². The number of hydrogen-bond acceptors (Lipinski definition) is 4. The van der Waals surface area contributed by atoms with Crippen LogP contribution in [0.2, 0.25) is 0 Å². The number of nitrogens with one attached hydrogen (secondary N) is 1. The average molecular weight is 429 g/mol. The Balaban J connectivity index is 1.83. The number of ether oxygens (including phenoxy) is 1. The third-order valence-corrected chi connectivity index (χ3v) is 6.61. The van der Waals surface area contributed by atoms with Gasteiger partial charge in [-0.2, -0.15) is 13.2 Å². The summed E-state index contributed by atoms with van der Waals surface area (Å²) in [6.45, 7) is 0.627. The van der Waals surface area contributed by atoms with Gasteiger partial charge in [0, 0.05) is 19.8 Å². The fourth-order valence-electron chi connectivity index (χ4n) is 3.50. The number of hydrogen-bond donors (Lipinski definition) is 2. The lowest BCUT2D eigenvalue weighted by Gasteiger charge is -2.39. The van der Waals surface area contributed by atoms with Crippen LogP contribution >= 0.6 is 0 Å². The third-order valence-electron chi connectivity index (χ3n) is 5.19. The molecule has 0 bridgehead atoms. The van der Waals surface area contributed by atoms with E-state index in [0.717, 1.165) is 24.3 Å². The first-order valence-electron chi connectivity index (χ1n) is 9.15. The highest BCUT2D eigenvalue weighted by Crippen LogP contribution is 2.36. The maximum atomic E-state index is 12.7. The molecule has 1 atom stereocenters. The normalized spacial score (nSPS) is 18.3. The van der Waals surface area contributed by atoms with Gasteiger partial charge in [0.25, 0.3) is 0 Å². The molecule has 2 N–H and O–H groups in total. The van der Waals surface area contributed by atoms with E-state index in [1.54, 1.807) is 30.3 Å². The lowest BCUT2D eigenvalue weighted by Crippen LogP contribution is -2.47. The van der Waals surface area contributed by atoms with E-state index in [0.29, 0.717) is 31.6 Å². The highest BCUT2D eigenvalue weighted by atomic mass is 32.2. The van der Waals surface area contributed by atoms with Gasteiger partial charge in [0.15, 0.2) is 0 Å². The van der Waals surface area contributed by atoms with Crippen molar-refractivity contribution in [1.29, 1.82) is 0 Å². The van der Waals surface area contributed by atoms with Gasteiger partial charge in [-0.05, 0) is 48.6 Å². The Morgan fingerprint density at radius 2 is 1.55 bits per heavy atom. The number of aliphatic hydroxyl groups is 1. The summed E-state index contributed by atoms with van der Waals surface area (Å²) in [4.78, 5) is -0.298. The quantitative estimate of drug-likeness (QED) is 0.739. The molecule has 29 heavy (non-hydrogen) atoms. The van der Waals surface area contributed by atoms with E-state index >= 15 is 0 Å². The lowest BCUT2D eigenvalue weighted by molar-refractivity contribution is -0.137. The molecule has 3 rings (SSSR count). The van der Waals surface area contributed by atoms with Crippen molar-refractivity contribution in [3.8, 4) is 0 Å². The van der Waals surface area contributed by atoms with E-state index in [1.807, 2.05) is 0 Å². The summed E-state index contributed by atoms with van der Waals surface area (Å²) in [6, 6.07) is 12.0. The van der Waals surface area contributed by atoms with E-state index in [2.05, 4.69) is 4.72 Å². The highest BCUT2D eigenvalue weighted by Gasteiger charge is 2.40. The predicted molar refractivity (Wildman–Crippen MR) is 101 cm³/mol. The van der Waals surface area contributed by atoms with Crippen LogP contribution in [0.3, 0.4) is 0 Å². The Kier molecular flexibility index (Phi) is 6.33. The van der Waals surface area contributed by atoms with Crippen molar-refractivity contribution >= 4 is 10.0 Å². The van der Waals surface area contributed by atoms with Crippen LogP contribution in [-0.4, -0.2) is 33.3 Å². The summed E-state index contributed by atoms with van der Waals surface area (Å²) in [6.07, 6.45) is -3.42. The van der Waals surface area contributed by atoms with Crippen molar-refractivity contribution in [3.05, 3.63) is 65.7 Å². The molecule has 0 aromatic heterocycles. The minimum absolute atomic E-state index is 0.228. The van der Waals surface area contributed by atoms with Crippen molar-refractivity contribution in [2.75, 3.05) is 19.8 Å². The minimum atomic E-state index is -4.55. The molecule has 5 nitrogen and oxygen atoms in total. The van der Waals surface area contributed by atoms with Gasteiger partial charge in [0.05, 0.1) is 10.5 Å². The molecule has 0 saturated carbocycles. The van der Waals surface area contributed by atoms with E-state index in [1.165, 1.54) is 0 Å². The fourth-order valence-corrected chi connectivity index (χ4v) is 4.57. The molecule has 1 aliphatic heterocycles. The molecular formula is C20H22F3NO4S. The van der Waals surface area contributed by atoms with E-state index in [9.17, 15) is 26.7 Å². The molecule has 0 radical (unpaired) electrons. The predicted octanol–water partition coefficient (Wildman–Crippen LogP) is 3.30. The standard InChI is InChI=1S/C20H22F3NO4S/c21-20(22,23)17-6-8-18(9-7-17)29(26,27)24-14-19(25,15-4-2-1-3-5-15)16-10-12-28-13-11-16/h1-9,16,24-25H,10-14H2/t19-/m0/s1. The third kappa shape index (κ3) is 4.98. The molecule has 9 heteroatoms. The van der Waals surface area contributed by atoms with Crippen molar-refractivity contribution < 1.29 is 31.4 Å². The molecule has 1 heterocycles. The first kappa shape index (κ1) is 21.8. The number of alkyl halides is 3. The van der Waals surface area contributed by atoms with Crippen molar-refractivity contribution in [1.82, 2.24) is 4.72 Å². The van der Waals surface area contributed by atoms with Gasteiger partial charge in [-0.1, -0.05) is 30.3 Å². The SMILES string of the molecule is O=S(=O)(NC[C@](O)(c1ccccc1)C1CCOCC1)c1ccc(C(F)(F)F)cc1. The lowest BCUT2D eigenvalue weighted by atomic mass is 9.77. The Morgan fingerprint density at radius 1 is 0.966 bits per heavy atom. The fraction of sp³-hybridized carbons (Fsp3) is 0.400. The second-order valence-corrected chi connectivity index (χ2v) is 8.79. The zero-order chi connectivity index (χ0) is 21.1. The van der Waals surface area contributed by atoms with Crippen LogP contribution in [0.15, 0.2) is 59.5 Å². The number of rotatable bonds is 6. The molecule has 0 amide bonds. The van der Waals surface area contributed by atoms with Crippen LogP contribution < -0.4 is 4.72 Å². The van der Waals surface area contributed by atoms with Crippen molar-refractivity contribution in [2.24, 2.45) is 5.92 Å². The van der Waals surface area contributed by atoms with Crippen LogP contribution in [0, 0.1) is 5.92 Å². The van der Waals surface area contributed by atoms with Gasteiger partial charge in [0.1, 0.15) is 5.60 Å². The smallest absolute Gasteiger partial charge is 0.383 e. The summed E-state index contributed by atoms with van der Waals surface area (Å²) < 4.78 is 71.1. The number of benzene rings is 2. The van der Waals surface area contributed by atoms with Crippen LogP contribution in [0.25, 0.3) is 0 Å². The summed E-state index contributed by atoms with van der Waals surface area (Å²) in [5.41, 5.74) is -1.83. The largest absolute Gasteiger partial charge is 0.416 e. The highest BCUT2D eigenvalue weighted by molar-refractivity contribution is 7.89. The zero-order valence-corrected chi connectivity index (χ0v) is 16.3. The van der Waals surface area contributed by atoms with Gasteiger partial charge in [0.2, 0.25) is 10.0 Å². The van der Waals surface area contributed by atoms with Gasteiger partial charge < -0.3 is 9.84 Å². The van der Waals surface area contributed by atoms with Crippen molar-refractivity contribution in [3.63, 3.8) is 0 Å². The second kappa shape index (κ2) is 8.43. The molecule has 1 fully saturated rings. The van der Waals surface area contributed by atoms with Gasteiger partial charge in [-0.15, -0.1) is 0 Å². The van der Waals surface area contributed by atoms with E-state index in [4.69, 9.17) is 4.74 Å². The molecule has 0 unspecified atom stereocenters. The van der Waals surface area contributed by atoms with Gasteiger partial charge in [-0.25, -0.2) is 13.1 Å². The van der Waals surface area contributed by atoms with Crippen LogP contribution in [0.1, 0.15) is 24.0 Å². The summed E-state index contributed by atoms with van der Waals surface area (Å²) >= 11 is 0. The number of sulfonamides is 1. The monoisotopic (exact) mass is 429 g/mol. The van der Waals surface area contributed by atoms with Crippen LogP contribution in [0.4, 0.5) is 13.2 Å². The molecule has 1 aliphatic rings. The van der Waals surface area contributed by atoms with Gasteiger partial charge >= 0.3 is 6.18 Å². The molecule has 2 aromatic carbocycles. The summed E-state index contributed by atoms with van der Waals surface area (Å²) in [5, 5.41) is 11.4. The second-order valence-electron chi connectivity index (χ2n) is 7.02. The number of halogens is 3. The Morgan fingerprint density at radius 3 is 2.10 bits per heavy atom. The Bertz CT molecular complexity index is 911. The summed E-state index contributed by atoms with van der Waals surface area (Å²) in [5.74, 6) is -0.228. The molecule has 1 saturated heterocycles. The van der Waals surface area contributed by atoms with Crippen LogP contribution in [0.5, 0.6) is 0 Å². The maximum Gasteiger partial charge on any atom is 0.416 e. The Labute approximate surface area is 167 Å². The average Bonchev–Trinajstić information content (AvgIpc) is 2.73. The molecule has 0 aliphatic carbocycles.